The Morgan fingerprint density at radius 2 is 2.19 bits per heavy atom. The van der Waals surface area contributed by atoms with Crippen LogP contribution in [0.15, 0.2) is 45.7 Å². The van der Waals surface area contributed by atoms with Crippen LogP contribution in [0.2, 0.25) is 0 Å². The highest BCUT2D eigenvalue weighted by Gasteiger charge is 2.22. The van der Waals surface area contributed by atoms with Crippen molar-refractivity contribution in [3.05, 3.63) is 63.9 Å². The fourth-order valence-corrected chi connectivity index (χ4v) is 3.74. The number of carbonyl (C=O) groups excluding carboxylic acids is 2. The second-order valence-electron chi connectivity index (χ2n) is 6.95. The highest BCUT2D eigenvalue weighted by atomic mass is 32.1. The maximum atomic E-state index is 12.6. The van der Waals surface area contributed by atoms with Crippen LogP contribution in [0.25, 0.3) is 0 Å². The highest BCUT2D eigenvalue weighted by molar-refractivity contribution is 7.13. The number of amides is 3. The first-order chi connectivity index (χ1) is 14.9. The molecule has 0 aliphatic carbocycles. The van der Waals surface area contributed by atoms with Crippen molar-refractivity contribution < 1.29 is 19.1 Å². The predicted molar refractivity (Wildman–Crippen MR) is 112 cm³/mol. The molecule has 2 aliphatic heterocycles. The van der Waals surface area contributed by atoms with E-state index in [4.69, 9.17) is 9.46 Å². The van der Waals surface area contributed by atoms with Gasteiger partial charge in [-0.05, 0) is 31.6 Å². The van der Waals surface area contributed by atoms with E-state index in [-0.39, 0.29) is 11.9 Å². The largest absolute Gasteiger partial charge is 0.361 e. The minimum absolute atomic E-state index is 0.193. The molecule has 0 unspecified atom stereocenters. The van der Waals surface area contributed by atoms with Gasteiger partial charge in [0.05, 0.1) is 29.8 Å². The van der Waals surface area contributed by atoms with Crippen molar-refractivity contribution in [3.63, 3.8) is 0 Å². The van der Waals surface area contributed by atoms with Crippen LogP contribution < -0.4 is 16.1 Å². The molecule has 3 amide bonds. The van der Waals surface area contributed by atoms with E-state index in [0.717, 1.165) is 11.3 Å². The first-order valence-corrected chi connectivity index (χ1v) is 10.3. The van der Waals surface area contributed by atoms with Crippen LogP contribution >= 0.6 is 11.3 Å². The van der Waals surface area contributed by atoms with Crippen LogP contribution in [0.1, 0.15) is 27.5 Å². The van der Waals surface area contributed by atoms with Crippen molar-refractivity contribution in [2.24, 2.45) is 0 Å². The zero-order valence-corrected chi connectivity index (χ0v) is 17.9. The van der Waals surface area contributed by atoms with Crippen molar-refractivity contribution in [2.75, 3.05) is 18.9 Å². The normalized spacial score (nSPS) is 14.5. The molecule has 12 heteroatoms. The molecule has 4 heterocycles. The van der Waals surface area contributed by atoms with Crippen molar-refractivity contribution in [1.82, 2.24) is 30.9 Å². The van der Waals surface area contributed by atoms with Gasteiger partial charge in [-0.15, -0.1) is 11.3 Å². The second kappa shape index (κ2) is 8.62. The Hall–Kier alpha value is -3.64. The number of anilines is 1. The quantitative estimate of drug-likeness (QED) is 0.621. The summed E-state index contributed by atoms with van der Waals surface area (Å²) in [6.45, 7) is 4.07. The molecular weight excluding hydrogens is 422 g/mol. The molecule has 0 fully saturated rings. The molecule has 4 rings (SSSR count). The molecule has 2 aromatic rings. The number of aromatic nitrogens is 2. The van der Waals surface area contributed by atoms with Crippen LogP contribution in [0, 0.1) is 13.8 Å². The monoisotopic (exact) mass is 443 g/mol. The Bertz CT molecular complexity index is 1080. The number of thiazole rings is 1. The van der Waals surface area contributed by atoms with Crippen LogP contribution in [0.5, 0.6) is 0 Å². The predicted octanol–water partition coefficient (Wildman–Crippen LogP) is 2.19. The summed E-state index contributed by atoms with van der Waals surface area (Å²) in [6, 6.07) is -0.368. The summed E-state index contributed by atoms with van der Waals surface area (Å²) in [5.41, 5.74) is 6.09. The van der Waals surface area contributed by atoms with Crippen molar-refractivity contribution in [2.45, 2.75) is 20.4 Å². The van der Waals surface area contributed by atoms with Gasteiger partial charge in [0.1, 0.15) is 11.3 Å². The van der Waals surface area contributed by atoms with Gasteiger partial charge in [-0.2, -0.15) is 4.94 Å². The van der Waals surface area contributed by atoms with E-state index >= 15 is 0 Å². The number of fused-ring (bicyclic) bond motifs is 1. The third kappa shape index (κ3) is 4.59. The first kappa shape index (κ1) is 20.6. The minimum atomic E-state index is -0.368. The summed E-state index contributed by atoms with van der Waals surface area (Å²) >= 11 is 1.29. The van der Waals surface area contributed by atoms with Gasteiger partial charge >= 0.3 is 6.03 Å². The standard InChI is InChI=1S/C19H21N7O4S/c1-11-16(12(2)29-24-11)17(27)25(3)9-14-10-31-19(22-14)23-18(28)20-7-13-4-5-26-15(6-13)8-21-30-26/h4-6,8,10,21H,7,9H2,1-3H3,(H2,20,22,23,28). The molecule has 162 valence electrons. The molecule has 2 aliphatic rings. The molecule has 3 N–H and O–H groups in total. The van der Waals surface area contributed by atoms with Gasteiger partial charge < -0.3 is 14.7 Å². The molecular formula is C19H21N7O4S. The van der Waals surface area contributed by atoms with Gasteiger partial charge in [-0.3, -0.25) is 10.1 Å². The number of hydrogen-bond acceptors (Lipinski definition) is 9. The van der Waals surface area contributed by atoms with E-state index in [1.54, 1.807) is 43.7 Å². The van der Waals surface area contributed by atoms with Gasteiger partial charge in [0.15, 0.2) is 5.13 Å². The van der Waals surface area contributed by atoms with E-state index in [1.807, 2.05) is 12.2 Å². The zero-order valence-electron chi connectivity index (χ0n) is 17.1. The minimum Gasteiger partial charge on any atom is -0.361 e. The number of hydroxylamine groups is 3. The number of hydrogen-bond donors (Lipinski definition) is 3. The Morgan fingerprint density at radius 1 is 1.35 bits per heavy atom. The average Bonchev–Trinajstić information content (AvgIpc) is 3.46. The number of aryl methyl sites for hydroxylation is 2. The molecule has 0 aromatic carbocycles. The van der Waals surface area contributed by atoms with Crippen molar-refractivity contribution in [1.29, 1.82) is 0 Å². The van der Waals surface area contributed by atoms with Gasteiger partial charge in [0, 0.05) is 25.2 Å². The summed E-state index contributed by atoms with van der Waals surface area (Å²) in [4.78, 5) is 35.9. The zero-order chi connectivity index (χ0) is 22.0. The first-order valence-electron chi connectivity index (χ1n) is 9.39. The SMILES string of the molecule is Cc1noc(C)c1C(=O)N(C)Cc1csc(NC(=O)NCC2=CC3=CNON3C=C2)n1. The Balaban J connectivity index is 1.28. The lowest BCUT2D eigenvalue weighted by molar-refractivity contribution is -0.112. The maximum Gasteiger partial charge on any atom is 0.321 e. The molecule has 0 spiro atoms. The highest BCUT2D eigenvalue weighted by Crippen LogP contribution is 2.20. The molecule has 0 saturated heterocycles. The number of carbonyl (C=O) groups is 2. The summed E-state index contributed by atoms with van der Waals surface area (Å²) in [6.07, 6.45) is 7.22. The summed E-state index contributed by atoms with van der Waals surface area (Å²) < 4.78 is 5.06. The van der Waals surface area contributed by atoms with E-state index in [9.17, 15) is 9.59 Å². The molecule has 0 bridgehead atoms. The number of rotatable bonds is 6. The lowest BCUT2D eigenvalue weighted by atomic mass is 10.2. The fourth-order valence-electron chi connectivity index (χ4n) is 3.05. The topological polar surface area (TPSA) is 125 Å². The van der Waals surface area contributed by atoms with Gasteiger partial charge in [-0.1, -0.05) is 5.16 Å². The van der Waals surface area contributed by atoms with Gasteiger partial charge in [0.25, 0.3) is 5.91 Å². The van der Waals surface area contributed by atoms with Crippen molar-refractivity contribution in [3.8, 4) is 0 Å². The number of urea groups is 1. The number of nitrogens with one attached hydrogen (secondary N) is 3. The Labute approximate surface area is 181 Å². The Morgan fingerprint density at radius 3 is 2.97 bits per heavy atom. The summed E-state index contributed by atoms with van der Waals surface area (Å²) in [7, 11) is 1.68. The van der Waals surface area contributed by atoms with E-state index in [2.05, 4.69) is 26.3 Å². The summed E-state index contributed by atoms with van der Waals surface area (Å²) in [5, 5.41) is 13.1. The number of nitrogens with zero attached hydrogens (tertiary/aromatic N) is 4. The van der Waals surface area contributed by atoms with Crippen LogP contribution in [-0.2, 0) is 11.5 Å². The molecule has 11 nitrogen and oxygen atoms in total. The summed E-state index contributed by atoms with van der Waals surface area (Å²) in [5.74, 6) is 0.289. The number of allylic oxidation sites excluding steroid dienone is 1. The smallest absolute Gasteiger partial charge is 0.321 e. The molecule has 2 aromatic heterocycles. The van der Waals surface area contributed by atoms with E-state index in [0.29, 0.717) is 40.9 Å². The van der Waals surface area contributed by atoms with Crippen molar-refractivity contribution >= 4 is 28.4 Å². The third-order valence-corrected chi connectivity index (χ3v) is 5.39. The van der Waals surface area contributed by atoms with Crippen LogP contribution in [0.3, 0.4) is 0 Å². The van der Waals surface area contributed by atoms with Crippen LogP contribution in [-0.4, -0.2) is 45.6 Å². The lowest BCUT2D eigenvalue weighted by Gasteiger charge is -2.17. The van der Waals surface area contributed by atoms with Gasteiger partial charge in [-0.25, -0.2) is 20.3 Å². The molecule has 0 radical (unpaired) electrons. The van der Waals surface area contributed by atoms with Gasteiger partial charge in [0.2, 0.25) is 0 Å². The molecule has 0 saturated carbocycles. The lowest BCUT2D eigenvalue weighted by Crippen LogP contribution is -2.31. The average molecular weight is 443 g/mol. The van der Waals surface area contributed by atoms with E-state index < -0.39 is 0 Å². The molecule has 31 heavy (non-hydrogen) atoms. The maximum absolute atomic E-state index is 12.6. The fraction of sp³-hybridized carbons (Fsp3) is 0.263. The Kier molecular flexibility index (Phi) is 5.73. The second-order valence-corrected chi connectivity index (χ2v) is 7.81. The molecule has 0 atom stereocenters. The van der Waals surface area contributed by atoms with Crippen LogP contribution in [0.4, 0.5) is 9.93 Å². The third-order valence-electron chi connectivity index (χ3n) is 4.59. The van der Waals surface area contributed by atoms with E-state index in [1.165, 1.54) is 16.2 Å².